The van der Waals surface area contributed by atoms with E-state index in [-0.39, 0.29) is 0 Å². The van der Waals surface area contributed by atoms with Gasteiger partial charge in [0.05, 0.1) is 0 Å². The van der Waals surface area contributed by atoms with Crippen LogP contribution in [0.3, 0.4) is 0 Å². The normalized spacial score (nSPS) is 20.5. The van der Waals surface area contributed by atoms with Gasteiger partial charge < -0.3 is 5.43 Å². The topological polar surface area (TPSA) is 63.8 Å². The number of hydrogen-bond acceptors (Lipinski definition) is 4. The van der Waals surface area contributed by atoms with E-state index in [1.807, 2.05) is 0 Å². The summed E-state index contributed by atoms with van der Waals surface area (Å²) < 4.78 is 0. The summed E-state index contributed by atoms with van der Waals surface area (Å²) >= 11 is 0. The molecule has 4 nitrogen and oxygen atoms in total. The second-order valence-corrected chi connectivity index (χ2v) is 5.54. The second kappa shape index (κ2) is 5.22. The van der Waals surface area contributed by atoms with E-state index in [9.17, 15) is 0 Å². The molecular weight excluding hydrogens is 224 g/mol. The van der Waals surface area contributed by atoms with Crippen molar-refractivity contribution in [2.75, 3.05) is 5.43 Å². The predicted octanol–water partition coefficient (Wildman–Crippen LogP) is 2.69. The number of aromatic nitrogens is 2. The van der Waals surface area contributed by atoms with E-state index < -0.39 is 0 Å². The van der Waals surface area contributed by atoms with E-state index in [1.165, 1.54) is 56.2 Å². The molecule has 0 unspecified atom stereocenters. The minimum Gasteiger partial charge on any atom is -0.308 e. The highest BCUT2D eigenvalue weighted by Crippen LogP contribution is 2.34. The third kappa shape index (κ3) is 2.21. The first kappa shape index (κ1) is 11.9. The largest absolute Gasteiger partial charge is 0.308 e. The van der Waals surface area contributed by atoms with Crippen molar-refractivity contribution in [3.8, 4) is 0 Å². The van der Waals surface area contributed by atoms with Gasteiger partial charge in [-0.25, -0.2) is 15.8 Å². The summed E-state index contributed by atoms with van der Waals surface area (Å²) in [6.07, 6.45) is 11.0. The third-order valence-electron chi connectivity index (χ3n) is 4.31. The number of nitrogen functional groups attached to an aromatic ring is 1. The Bertz CT molecular complexity index is 424. The number of anilines is 1. The molecule has 0 bridgehead atoms. The molecule has 2 aliphatic rings. The molecule has 18 heavy (non-hydrogen) atoms. The maximum absolute atomic E-state index is 5.65. The van der Waals surface area contributed by atoms with Crippen LogP contribution >= 0.6 is 0 Å². The minimum absolute atomic E-state index is 0.561. The van der Waals surface area contributed by atoms with E-state index in [0.29, 0.717) is 5.92 Å². The standard InChI is InChI=1S/C14H22N4/c15-18-14-11-8-2-1-3-9-12(11)16-13(17-14)10-6-4-5-7-10/h10H,1-9,15H2,(H,16,17,18). The molecule has 3 rings (SSSR count). The molecular formula is C14H22N4. The SMILES string of the molecule is NNc1nc(C2CCCC2)nc2c1CCCCC2. The molecule has 1 fully saturated rings. The highest BCUT2D eigenvalue weighted by molar-refractivity contribution is 5.46. The molecule has 0 atom stereocenters. The maximum atomic E-state index is 5.65. The molecule has 4 heteroatoms. The van der Waals surface area contributed by atoms with Gasteiger partial charge in [-0.3, -0.25) is 0 Å². The maximum Gasteiger partial charge on any atom is 0.147 e. The first-order valence-electron chi connectivity index (χ1n) is 7.25. The molecule has 98 valence electrons. The van der Waals surface area contributed by atoms with E-state index in [1.54, 1.807) is 0 Å². The fraction of sp³-hybridized carbons (Fsp3) is 0.714. The molecule has 0 aromatic carbocycles. The van der Waals surface area contributed by atoms with E-state index in [2.05, 4.69) is 10.4 Å². The number of nitrogens with zero attached hydrogens (tertiary/aromatic N) is 2. The average Bonchev–Trinajstić information content (AvgIpc) is 2.83. The van der Waals surface area contributed by atoms with Gasteiger partial charge in [0.15, 0.2) is 0 Å². The Kier molecular flexibility index (Phi) is 3.46. The Labute approximate surface area is 108 Å². The fourth-order valence-electron chi connectivity index (χ4n) is 3.28. The molecule has 0 radical (unpaired) electrons. The van der Waals surface area contributed by atoms with Crippen LogP contribution in [0, 0.1) is 0 Å². The Hall–Kier alpha value is -1.16. The number of nitrogens with two attached hydrogens (primary N) is 1. The van der Waals surface area contributed by atoms with Crippen LogP contribution in [-0.2, 0) is 12.8 Å². The van der Waals surface area contributed by atoms with Crippen LogP contribution < -0.4 is 11.3 Å². The van der Waals surface area contributed by atoms with Crippen molar-refractivity contribution >= 4 is 5.82 Å². The van der Waals surface area contributed by atoms with Crippen LogP contribution in [0.1, 0.15) is 67.9 Å². The first-order chi connectivity index (χ1) is 8.88. The highest BCUT2D eigenvalue weighted by Gasteiger charge is 2.23. The zero-order valence-corrected chi connectivity index (χ0v) is 10.9. The summed E-state index contributed by atoms with van der Waals surface area (Å²) in [6.45, 7) is 0. The molecule has 1 heterocycles. The number of fused-ring (bicyclic) bond motifs is 1. The predicted molar refractivity (Wildman–Crippen MR) is 72.3 cm³/mol. The number of hydrazine groups is 1. The van der Waals surface area contributed by atoms with Crippen molar-refractivity contribution in [2.45, 2.75) is 63.7 Å². The summed E-state index contributed by atoms with van der Waals surface area (Å²) in [5.41, 5.74) is 5.30. The molecule has 2 aliphatic carbocycles. The van der Waals surface area contributed by atoms with Gasteiger partial charge in [0.2, 0.25) is 0 Å². The van der Waals surface area contributed by atoms with Crippen molar-refractivity contribution in [3.05, 3.63) is 17.1 Å². The minimum atomic E-state index is 0.561. The molecule has 0 aliphatic heterocycles. The van der Waals surface area contributed by atoms with Gasteiger partial charge in [-0.1, -0.05) is 19.3 Å². The molecule has 1 aromatic heterocycles. The van der Waals surface area contributed by atoms with Crippen LogP contribution in [0.5, 0.6) is 0 Å². The average molecular weight is 246 g/mol. The van der Waals surface area contributed by atoms with Crippen LogP contribution in [0.4, 0.5) is 5.82 Å². The second-order valence-electron chi connectivity index (χ2n) is 5.54. The summed E-state index contributed by atoms with van der Waals surface area (Å²) in [4.78, 5) is 9.54. The third-order valence-corrected chi connectivity index (χ3v) is 4.31. The lowest BCUT2D eigenvalue weighted by Crippen LogP contribution is -2.16. The van der Waals surface area contributed by atoms with Crippen molar-refractivity contribution in [2.24, 2.45) is 5.84 Å². The quantitative estimate of drug-likeness (QED) is 0.478. The first-order valence-corrected chi connectivity index (χ1v) is 7.25. The summed E-state index contributed by atoms with van der Waals surface area (Å²) in [5.74, 6) is 8.12. The molecule has 0 saturated heterocycles. The highest BCUT2D eigenvalue weighted by atomic mass is 15.3. The van der Waals surface area contributed by atoms with Gasteiger partial charge in [0.1, 0.15) is 11.6 Å². The fourth-order valence-corrected chi connectivity index (χ4v) is 3.28. The van der Waals surface area contributed by atoms with Gasteiger partial charge >= 0.3 is 0 Å². The zero-order chi connectivity index (χ0) is 12.4. The van der Waals surface area contributed by atoms with Gasteiger partial charge in [-0.15, -0.1) is 0 Å². The van der Waals surface area contributed by atoms with E-state index >= 15 is 0 Å². The Morgan fingerprint density at radius 3 is 2.50 bits per heavy atom. The van der Waals surface area contributed by atoms with E-state index in [4.69, 9.17) is 10.8 Å². The van der Waals surface area contributed by atoms with Gasteiger partial charge in [0, 0.05) is 17.2 Å². The van der Waals surface area contributed by atoms with Crippen molar-refractivity contribution in [1.29, 1.82) is 0 Å². The summed E-state index contributed by atoms with van der Waals surface area (Å²) in [6, 6.07) is 0. The lowest BCUT2D eigenvalue weighted by Gasteiger charge is -2.15. The Morgan fingerprint density at radius 2 is 1.72 bits per heavy atom. The number of rotatable bonds is 2. The van der Waals surface area contributed by atoms with Crippen LogP contribution in [-0.4, -0.2) is 9.97 Å². The Morgan fingerprint density at radius 1 is 0.944 bits per heavy atom. The lowest BCUT2D eigenvalue weighted by atomic mass is 10.1. The van der Waals surface area contributed by atoms with Gasteiger partial charge in [0.25, 0.3) is 0 Å². The molecule has 1 saturated carbocycles. The van der Waals surface area contributed by atoms with Crippen molar-refractivity contribution < 1.29 is 0 Å². The van der Waals surface area contributed by atoms with Crippen molar-refractivity contribution in [1.82, 2.24) is 9.97 Å². The number of nitrogens with one attached hydrogen (secondary N) is 1. The lowest BCUT2D eigenvalue weighted by molar-refractivity contribution is 0.656. The summed E-state index contributed by atoms with van der Waals surface area (Å²) in [7, 11) is 0. The zero-order valence-electron chi connectivity index (χ0n) is 10.9. The van der Waals surface area contributed by atoms with Gasteiger partial charge in [-0.2, -0.15) is 0 Å². The molecule has 1 aromatic rings. The molecule has 3 N–H and O–H groups in total. The van der Waals surface area contributed by atoms with Crippen LogP contribution in [0.2, 0.25) is 0 Å². The monoisotopic (exact) mass is 246 g/mol. The van der Waals surface area contributed by atoms with Crippen LogP contribution in [0.25, 0.3) is 0 Å². The smallest absolute Gasteiger partial charge is 0.147 e. The van der Waals surface area contributed by atoms with Crippen LogP contribution in [0.15, 0.2) is 0 Å². The van der Waals surface area contributed by atoms with Gasteiger partial charge in [-0.05, 0) is 38.5 Å². The number of hydrogen-bond donors (Lipinski definition) is 2. The number of aryl methyl sites for hydroxylation is 1. The summed E-state index contributed by atoms with van der Waals surface area (Å²) in [5, 5.41) is 0. The molecule has 0 spiro atoms. The Balaban J connectivity index is 1.98. The van der Waals surface area contributed by atoms with Crippen molar-refractivity contribution in [3.63, 3.8) is 0 Å². The molecule has 0 amide bonds. The van der Waals surface area contributed by atoms with E-state index in [0.717, 1.165) is 24.5 Å².